The van der Waals surface area contributed by atoms with Crippen LogP contribution in [0.2, 0.25) is 0 Å². The van der Waals surface area contributed by atoms with Crippen LogP contribution in [0.3, 0.4) is 0 Å². The third kappa shape index (κ3) is 6.39. The van der Waals surface area contributed by atoms with Gasteiger partial charge in [0.05, 0.1) is 24.4 Å². The van der Waals surface area contributed by atoms with Crippen LogP contribution in [-0.2, 0) is 9.53 Å². The van der Waals surface area contributed by atoms with Crippen molar-refractivity contribution in [2.45, 2.75) is 95.5 Å². The molecule has 0 spiro atoms. The predicted molar refractivity (Wildman–Crippen MR) is 96.3 cm³/mol. The number of aliphatic hydroxyl groups excluding tert-OH is 2. The van der Waals surface area contributed by atoms with Gasteiger partial charge in [-0.25, -0.2) is 0 Å². The van der Waals surface area contributed by atoms with Crippen LogP contribution >= 0.6 is 0 Å². The van der Waals surface area contributed by atoms with Crippen molar-refractivity contribution >= 4 is 5.97 Å². The van der Waals surface area contributed by atoms with Gasteiger partial charge < -0.3 is 20.1 Å². The zero-order chi connectivity index (χ0) is 18.2. The second-order valence-corrected chi connectivity index (χ2v) is 7.66. The number of carbonyl (C=O) groups is 1. The maximum atomic E-state index is 10.6. The summed E-state index contributed by atoms with van der Waals surface area (Å²) < 4.78 is 6.08. The minimum atomic E-state index is -0.741. The van der Waals surface area contributed by atoms with Crippen molar-refractivity contribution in [3.63, 3.8) is 0 Å². The number of rotatable bonds is 11. The van der Waals surface area contributed by atoms with E-state index in [4.69, 9.17) is 9.84 Å². The zero-order valence-corrected chi connectivity index (χ0v) is 15.3. The van der Waals surface area contributed by atoms with E-state index in [1.54, 1.807) is 0 Å². The number of carboxylic acids is 1. The first-order chi connectivity index (χ1) is 12.0. The van der Waals surface area contributed by atoms with Gasteiger partial charge in [0.1, 0.15) is 0 Å². The van der Waals surface area contributed by atoms with Crippen LogP contribution < -0.4 is 0 Å². The highest BCUT2D eigenvalue weighted by Gasteiger charge is 2.47. The SMILES string of the molecule is CCCCCC(O)C=CC1C(O)CC2OC(CCCCC(=O)O)CC21. The van der Waals surface area contributed by atoms with E-state index in [0.717, 1.165) is 44.9 Å². The summed E-state index contributed by atoms with van der Waals surface area (Å²) in [6, 6.07) is 0. The van der Waals surface area contributed by atoms with Crippen LogP contribution in [0.1, 0.15) is 71.1 Å². The smallest absolute Gasteiger partial charge is 0.303 e. The van der Waals surface area contributed by atoms with E-state index in [9.17, 15) is 15.0 Å². The molecule has 0 aromatic rings. The summed E-state index contributed by atoms with van der Waals surface area (Å²) in [6.07, 6.45) is 11.7. The molecule has 1 saturated carbocycles. The third-order valence-corrected chi connectivity index (χ3v) is 5.62. The van der Waals surface area contributed by atoms with E-state index in [1.807, 2.05) is 12.2 Å². The Hall–Kier alpha value is -0.910. The van der Waals surface area contributed by atoms with Gasteiger partial charge in [-0.1, -0.05) is 44.8 Å². The van der Waals surface area contributed by atoms with Crippen molar-refractivity contribution < 1.29 is 24.9 Å². The van der Waals surface area contributed by atoms with Crippen LogP contribution in [-0.4, -0.2) is 45.7 Å². The van der Waals surface area contributed by atoms with Crippen LogP contribution in [0.4, 0.5) is 0 Å². The van der Waals surface area contributed by atoms with Crippen molar-refractivity contribution in [3.05, 3.63) is 12.2 Å². The van der Waals surface area contributed by atoms with E-state index in [1.165, 1.54) is 0 Å². The molecule has 0 aromatic heterocycles. The van der Waals surface area contributed by atoms with Crippen molar-refractivity contribution in [1.82, 2.24) is 0 Å². The zero-order valence-electron chi connectivity index (χ0n) is 15.3. The van der Waals surface area contributed by atoms with Gasteiger partial charge in [-0.3, -0.25) is 4.79 Å². The molecule has 5 nitrogen and oxygen atoms in total. The lowest BCUT2D eigenvalue weighted by Gasteiger charge is -2.18. The molecule has 6 unspecified atom stereocenters. The van der Waals surface area contributed by atoms with Crippen LogP contribution in [0.25, 0.3) is 0 Å². The van der Waals surface area contributed by atoms with Crippen molar-refractivity contribution in [3.8, 4) is 0 Å². The standard InChI is InChI=1S/C20H34O5/c1-2-3-4-7-14(21)10-11-16-17-12-15(8-5-6-9-20(23)24)25-19(17)13-18(16)22/h10-11,14-19,21-22H,2-9,12-13H2,1H3,(H,23,24). The van der Waals surface area contributed by atoms with Crippen LogP contribution in [0, 0.1) is 11.8 Å². The third-order valence-electron chi connectivity index (χ3n) is 5.62. The Morgan fingerprint density at radius 2 is 2.04 bits per heavy atom. The molecule has 25 heavy (non-hydrogen) atoms. The first kappa shape index (κ1) is 20.4. The summed E-state index contributed by atoms with van der Waals surface area (Å²) in [5, 5.41) is 29.0. The molecule has 2 fully saturated rings. The highest BCUT2D eigenvalue weighted by Crippen LogP contribution is 2.45. The van der Waals surface area contributed by atoms with Crippen LogP contribution in [0.15, 0.2) is 12.2 Å². The molecule has 0 bridgehead atoms. The van der Waals surface area contributed by atoms with Gasteiger partial charge in [0.25, 0.3) is 0 Å². The van der Waals surface area contributed by atoms with Gasteiger partial charge in [0, 0.05) is 18.8 Å². The molecule has 5 heteroatoms. The number of hydrogen-bond acceptors (Lipinski definition) is 4. The molecule has 1 aliphatic carbocycles. The molecule has 0 radical (unpaired) electrons. The topological polar surface area (TPSA) is 87.0 Å². The molecule has 2 aliphatic rings. The van der Waals surface area contributed by atoms with Gasteiger partial charge in [0.2, 0.25) is 0 Å². The van der Waals surface area contributed by atoms with E-state index in [2.05, 4.69) is 6.92 Å². The Bertz CT molecular complexity index is 436. The molecule has 1 heterocycles. The summed E-state index contributed by atoms with van der Waals surface area (Å²) in [7, 11) is 0. The number of unbranched alkanes of at least 4 members (excludes halogenated alkanes) is 3. The largest absolute Gasteiger partial charge is 0.481 e. The maximum Gasteiger partial charge on any atom is 0.303 e. The predicted octanol–water partition coefficient (Wildman–Crippen LogP) is 3.28. The van der Waals surface area contributed by atoms with E-state index < -0.39 is 12.1 Å². The first-order valence-electron chi connectivity index (χ1n) is 9.93. The van der Waals surface area contributed by atoms with Gasteiger partial charge >= 0.3 is 5.97 Å². The average molecular weight is 354 g/mol. The molecule has 3 N–H and O–H groups in total. The fourth-order valence-corrected chi connectivity index (χ4v) is 4.24. The van der Waals surface area contributed by atoms with Crippen molar-refractivity contribution in [1.29, 1.82) is 0 Å². The number of aliphatic hydroxyl groups is 2. The molecular formula is C20H34O5. The molecular weight excluding hydrogens is 320 g/mol. The van der Waals surface area contributed by atoms with E-state index in [0.29, 0.717) is 18.8 Å². The lowest BCUT2D eigenvalue weighted by molar-refractivity contribution is -0.137. The van der Waals surface area contributed by atoms with Gasteiger partial charge in [-0.2, -0.15) is 0 Å². The monoisotopic (exact) mass is 354 g/mol. The Balaban J connectivity index is 1.76. The Labute approximate surface area is 151 Å². The Morgan fingerprint density at radius 3 is 2.76 bits per heavy atom. The Kier molecular flexibility index (Phi) is 8.40. The molecule has 2 rings (SSSR count). The quantitative estimate of drug-likeness (QED) is 0.391. The maximum absolute atomic E-state index is 10.6. The number of hydrogen-bond donors (Lipinski definition) is 3. The van der Waals surface area contributed by atoms with Crippen molar-refractivity contribution in [2.75, 3.05) is 0 Å². The summed E-state index contributed by atoms with van der Waals surface area (Å²) in [5.74, 6) is -0.358. The van der Waals surface area contributed by atoms with E-state index in [-0.39, 0.29) is 30.7 Å². The molecule has 1 saturated heterocycles. The average Bonchev–Trinajstić information content (AvgIpc) is 3.06. The normalized spacial score (nSPS) is 33.0. The van der Waals surface area contributed by atoms with Crippen LogP contribution in [0.5, 0.6) is 0 Å². The highest BCUT2D eigenvalue weighted by molar-refractivity contribution is 5.66. The lowest BCUT2D eigenvalue weighted by Crippen LogP contribution is -2.19. The second-order valence-electron chi connectivity index (χ2n) is 7.66. The van der Waals surface area contributed by atoms with Gasteiger partial charge in [-0.05, 0) is 31.6 Å². The van der Waals surface area contributed by atoms with Gasteiger partial charge in [0.15, 0.2) is 0 Å². The molecule has 0 amide bonds. The number of fused-ring (bicyclic) bond motifs is 1. The fraction of sp³-hybridized carbons (Fsp3) is 0.850. The summed E-state index contributed by atoms with van der Waals surface area (Å²) in [5.41, 5.74) is 0. The summed E-state index contributed by atoms with van der Waals surface area (Å²) in [4.78, 5) is 10.6. The van der Waals surface area contributed by atoms with Gasteiger partial charge in [-0.15, -0.1) is 0 Å². The molecule has 144 valence electrons. The number of carboxylic acid groups (broad SMARTS) is 1. The molecule has 0 aromatic carbocycles. The minimum absolute atomic E-state index is 0.0647. The molecule has 6 atom stereocenters. The van der Waals surface area contributed by atoms with E-state index >= 15 is 0 Å². The number of aliphatic carboxylic acids is 1. The number of ether oxygens (including phenoxy) is 1. The van der Waals surface area contributed by atoms with Crippen molar-refractivity contribution in [2.24, 2.45) is 11.8 Å². The molecule has 1 aliphatic heterocycles. The minimum Gasteiger partial charge on any atom is -0.481 e. The lowest BCUT2D eigenvalue weighted by atomic mass is 9.89. The Morgan fingerprint density at radius 1 is 1.24 bits per heavy atom. The highest BCUT2D eigenvalue weighted by atomic mass is 16.5. The second kappa shape index (κ2) is 10.3. The summed E-state index contributed by atoms with van der Waals surface area (Å²) >= 11 is 0. The first-order valence-corrected chi connectivity index (χ1v) is 9.93. The fourth-order valence-electron chi connectivity index (χ4n) is 4.24. The summed E-state index contributed by atoms with van der Waals surface area (Å²) in [6.45, 7) is 2.15.